The van der Waals surface area contributed by atoms with Gasteiger partial charge in [0.15, 0.2) is 23.2 Å². The van der Waals surface area contributed by atoms with Crippen LogP contribution in [0.25, 0.3) is 11.4 Å². The summed E-state index contributed by atoms with van der Waals surface area (Å²) < 4.78 is 24.2. The van der Waals surface area contributed by atoms with Crippen molar-refractivity contribution in [1.29, 1.82) is 0 Å². The molecule has 2 heterocycles. The smallest absolute Gasteiger partial charge is 0.303 e. The molecule has 12 nitrogen and oxygen atoms in total. The molecule has 0 aliphatic carbocycles. The minimum Gasteiger partial charge on any atom is -0.463 e. The van der Waals surface area contributed by atoms with Crippen molar-refractivity contribution in [2.24, 2.45) is 0 Å². The molecule has 0 spiro atoms. The van der Waals surface area contributed by atoms with Gasteiger partial charge >= 0.3 is 17.9 Å². The van der Waals surface area contributed by atoms with E-state index in [2.05, 4.69) is 22.1 Å². The molecule has 1 aliphatic rings. The van der Waals surface area contributed by atoms with Gasteiger partial charge in [0, 0.05) is 39.8 Å². The first-order valence-electron chi connectivity index (χ1n) is 12.2. The third kappa shape index (κ3) is 7.90. The summed E-state index contributed by atoms with van der Waals surface area (Å²) >= 11 is 1.12. The van der Waals surface area contributed by atoms with Gasteiger partial charge in [0.25, 0.3) is 0 Å². The molecule has 3 rings (SSSR count). The number of esters is 3. The predicted molar refractivity (Wildman–Crippen MR) is 140 cm³/mol. The molecule has 39 heavy (non-hydrogen) atoms. The molecule has 210 valence electrons. The lowest BCUT2D eigenvalue weighted by Crippen LogP contribution is -2.65. The van der Waals surface area contributed by atoms with Crippen LogP contribution in [0.3, 0.4) is 0 Å². The average Bonchev–Trinajstić information content (AvgIpc) is 3.23. The van der Waals surface area contributed by atoms with Gasteiger partial charge in [-0.05, 0) is 6.92 Å². The Morgan fingerprint density at radius 2 is 1.67 bits per heavy atom. The van der Waals surface area contributed by atoms with Crippen molar-refractivity contribution in [2.75, 3.05) is 6.61 Å². The maximum atomic E-state index is 12.2. The Morgan fingerprint density at radius 3 is 2.23 bits per heavy atom. The van der Waals surface area contributed by atoms with Gasteiger partial charge < -0.3 is 24.3 Å². The van der Waals surface area contributed by atoms with E-state index in [1.165, 1.54) is 27.7 Å². The van der Waals surface area contributed by atoms with Gasteiger partial charge in [0.2, 0.25) is 5.91 Å². The summed E-state index contributed by atoms with van der Waals surface area (Å²) in [6, 6.07) is 6.82. The number of rotatable bonds is 10. The van der Waals surface area contributed by atoms with Crippen LogP contribution in [-0.2, 0) is 44.7 Å². The van der Waals surface area contributed by atoms with E-state index in [1.54, 1.807) is 6.08 Å². The lowest BCUT2D eigenvalue weighted by atomic mass is 9.97. The SMILES string of the molecule is C=CCn1c(S[C@@H]2O[C@H](COC(C)=O)[C@@H](OC(C)=O)[C@H](OC(C)=O)[C@H]2NC(C)=O)nnc1-c1ccc(C)cc1. The molecule has 2 aromatic rings. The largest absolute Gasteiger partial charge is 0.463 e. The third-order valence-electron chi connectivity index (χ3n) is 5.63. The first kappa shape index (κ1) is 29.8. The lowest BCUT2D eigenvalue weighted by molar-refractivity contribution is -0.211. The van der Waals surface area contributed by atoms with Gasteiger partial charge in [-0.3, -0.25) is 23.7 Å². The summed E-state index contributed by atoms with van der Waals surface area (Å²) in [5, 5.41) is 11.9. The minimum atomic E-state index is -1.17. The number of allylic oxidation sites excluding steroid dienone is 1. The van der Waals surface area contributed by atoms with Crippen LogP contribution in [0.5, 0.6) is 0 Å². The fraction of sp³-hybridized carbons (Fsp3) is 0.462. The number of carbonyl (C=O) groups is 4. The monoisotopic (exact) mass is 560 g/mol. The molecule has 1 aromatic carbocycles. The Bertz CT molecular complexity index is 1220. The van der Waals surface area contributed by atoms with E-state index >= 15 is 0 Å². The van der Waals surface area contributed by atoms with Crippen molar-refractivity contribution < 1.29 is 38.1 Å². The predicted octanol–water partition coefficient (Wildman–Crippen LogP) is 2.19. The average molecular weight is 561 g/mol. The molecule has 0 bridgehead atoms. The fourth-order valence-electron chi connectivity index (χ4n) is 4.08. The Kier molecular flexibility index (Phi) is 10.2. The highest BCUT2D eigenvalue weighted by molar-refractivity contribution is 7.99. The molecule has 13 heteroatoms. The van der Waals surface area contributed by atoms with Gasteiger partial charge in [-0.25, -0.2) is 0 Å². The normalized spacial score (nSPS) is 22.4. The number of ether oxygens (including phenoxy) is 4. The molecule has 0 unspecified atom stereocenters. The van der Waals surface area contributed by atoms with Crippen LogP contribution in [0.2, 0.25) is 0 Å². The maximum Gasteiger partial charge on any atom is 0.303 e. The van der Waals surface area contributed by atoms with E-state index in [0.29, 0.717) is 17.5 Å². The molecule has 0 saturated carbocycles. The number of hydrogen-bond donors (Lipinski definition) is 1. The van der Waals surface area contributed by atoms with Crippen LogP contribution < -0.4 is 5.32 Å². The van der Waals surface area contributed by atoms with Crippen molar-refractivity contribution in [3.05, 3.63) is 42.5 Å². The molecule has 1 saturated heterocycles. The van der Waals surface area contributed by atoms with E-state index in [9.17, 15) is 19.2 Å². The second-order valence-corrected chi connectivity index (χ2v) is 9.97. The molecular weight excluding hydrogens is 528 g/mol. The lowest BCUT2D eigenvalue weighted by Gasteiger charge is -2.44. The summed E-state index contributed by atoms with van der Waals surface area (Å²) in [4.78, 5) is 47.8. The number of amides is 1. The summed E-state index contributed by atoms with van der Waals surface area (Å²) in [6.45, 7) is 10.8. The standard InChI is InChI=1S/C26H32N4O8S/c1-7-12-30-24(19-10-8-14(2)9-11-19)28-29-26(30)39-25-21(27-15(3)31)23(37-18(6)34)22(36-17(5)33)20(38-25)13-35-16(4)32/h7-11,20-23,25H,1,12-13H2,2-6H3,(H,27,31)/t20-,21-,22-,23-,25+/m1/s1. The molecule has 5 atom stereocenters. The topological polar surface area (TPSA) is 148 Å². The van der Waals surface area contributed by atoms with Crippen LogP contribution in [0.15, 0.2) is 42.1 Å². The number of hydrogen-bond acceptors (Lipinski definition) is 11. The molecule has 1 N–H and O–H groups in total. The van der Waals surface area contributed by atoms with Gasteiger partial charge in [-0.2, -0.15) is 0 Å². The van der Waals surface area contributed by atoms with Crippen LogP contribution in [-0.4, -0.2) is 75.0 Å². The number of aryl methyl sites for hydroxylation is 1. The van der Waals surface area contributed by atoms with E-state index in [4.69, 9.17) is 18.9 Å². The van der Waals surface area contributed by atoms with Crippen LogP contribution in [0.1, 0.15) is 33.3 Å². The highest BCUT2D eigenvalue weighted by atomic mass is 32.2. The zero-order valence-corrected chi connectivity index (χ0v) is 23.2. The van der Waals surface area contributed by atoms with E-state index in [-0.39, 0.29) is 6.61 Å². The Morgan fingerprint density at radius 1 is 1.03 bits per heavy atom. The maximum absolute atomic E-state index is 12.2. The minimum absolute atomic E-state index is 0.289. The van der Waals surface area contributed by atoms with Crippen molar-refractivity contribution in [2.45, 2.75) is 76.1 Å². The Hall–Kier alpha value is -3.71. The van der Waals surface area contributed by atoms with E-state index in [0.717, 1.165) is 22.9 Å². The summed E-state index contributed by atoms with van der Waals surface area (Å²) in [5.41, 5.74) is 1.02. The molecule has 1 aliphatic heterocycles. The van der Waals surface area contributed by atoms with Crippen molar-refractivity contribution in [3.63, 3.8) is 0 Å². The molecule has 1 fully saturated rings. The van der Waals surface area contributed by atoms with E-state index < -0.39 is 53.6 Å². The Balaban J connectivity index is 2.04. The number of nitrogens with zero attached hydrogens (tertiary/aromatic N) is 3. The number of aromatic nitrogens is 3. The molecular formula is C26H32N4O8S. The highest BCUT2D eigenvalue weighted by Crippen LogP contribution is 2.36. The van der Waals surface area contributed by atoms with Crippen LogP contribution in [0, 0.1) is 6.92 Å². The second kappa shape index (κ2) is 13.4. The number of nitrogens with one attached hydrogen (secondary N) is 1. The van der Waals surface area contributed by atoms with Crippen molar-refractivity contribution in [1.82, 2.24) is 20.1 Å². The fourth-order valence-corrected chi connectivity index (χ4v) is 5.23. The van der Waals surface area contributed by atoms with Crippen molar-refractivity contribution in [3.8, 4) is 11.4 Å². The first-order chi connectivity index (χ1) is 18.5. The molecule has 1 amide bonds. The number of benzene rings is 1. The summed E-state index contributed by atoms with van der Waals surface area (Å²) in [7, 11) is 0. The van der Waals surface area contributed by atoms with Crippen LogP contribution >= 0.6 is 11.8 Å². The Labute approximate surface area is 230 Å². The summed E-state index contributed by atoms with van der Waals surface area (Å²) in [6.07, 6.45) is -1.65. The first-order valence-corrected chi connectivity index (χ1v) is 13.1. The summed E-state index contributed by atoms with van der Waals surface area (Å²) in [5.74, 6) is -1.75. The highest BCUT2D eigenvalue weighted by Gasteiger charge is 2.51. The number of carbonyl (C=O) groups excluding carboxylic acids is 4. The van der Waals surface area contributed by atoms with Crippen molar-refractivity contribution >= 4 is 35.6 Å². The third-order valence-corrected chi connectivity index (χ3v) is 6.78. The molecule has 0 radical (unpaired) electrons. The zero-order chi connectivity index (χ0) is 28.7. The van der Waals surface area contributed by atoms with E-state index in [1.807, 2.05) is 35.8 Å². The van der Waals surface area contributed by atoms with Gasteiger partial charge in [-0.15, -0.1) is 16.8 Å². The van der Waals surface area contributed by atoms with Gasteiger partial charge in [-0.1, -0.05) is 47.7 Å². The number of thioether (sulfide) groups is 1. The van der Waals surface area contributed by atoms with Gasteiger partial charge in [0.1, 0.15) is 24.2 Å². The second-order valence-electron chi connectivity index (χ2n) is 8.91. The zero-order valence-electron chi connectivity index (χ0n) is 22.4. The molecule has 1 aromatic heterocycles. The quantitative estimate of drug-likeness (QED) is 0.259. The van der Waals surface area contributed by atoms with Crippen LogP contribution in [0.4, 0.5) is 0 Å². The van der Waals surface area contributed by atoms with Gasteiger partial charge in [0.05, 0.1) is 0 Å².